The van der Waals surface area contributed by atoms with Gasteiger partial charge in [-0.1, -0.05) is 0 Å². The van der Waals surface area contributed by atoms with Gasteiger partial charge in [-0.25, -0.2) is 9.67 Å². The van der Waals surface area contributed by atoms with Gasteiger partial charge in [0.2, 0.25) is 0 Å². The van der Waals surface area contributed by atoms with Gasteiger partial charge in [0.15, 0.2) is 12.1 Å². The highest BCUT2D eigenvalue weighted by atomic mass is 15.4. The molecular weight excluding hydrogens is 206 g/mol. The molecule has 0 atom stereocenters. The van der Waals surface area contributed by atoms with Crippen molar-refractivity contribution in [3.63, 3.8) is 0 Å². The van der Waals surface area contributed by atoms with Crippen LogP contribution in [0.3, 0.4) is 0 Å². The lowest BCUT2D eigenvalue weighted by molar-refractivity contribution is 0.739. The molecule has 3 heterocycles. The molecule has 0 saturated heterocycles. The summed E-state index contributed by atoms with van der Waals surface area (Å²) in [6.07, 6.45) is 3.06. The molecule has 3 aromatic heterocycles. The van der Waals surface area contributed by atoms with Crippen LogP contribution >= 0.6 is 0 Å². The largest absolute Gasteiger partial charge is 0.272 e. The normalized spacial score (nSPS) is 11.1. The molecule has 0 N–H and O–H groups in total. The molecule has 0 saturated carbocycles. The fourth-order valence-electron chi connectivity index (χ4n) is 1.66. The average Bonchev–Trinajstić information content (AvgIpc) is 2.81. The lowest BCUT2D eigenvalue weighted by atomic mass is 10.4. The van der Waals surface area contributed by atoms with Crippen LogP contribution < -0.4 is 0 Å². The van der Waals surface area contributed by atoms with Crippen LogP contribution in [0.15, 0.2) is 18.6 Å². The summed E-state index contributed by atoms with van der Waals surface area (Å²) in [4.78, 5) is 4.11. The van der Waals surface area contributed by atoms with Gasteiger partial charge in [-0.15, -0.1) is 15.3 Å². The third kappa shape index (κ3) is 1.18. The first-order valence-corrected chi connectivity index (χ1v) is 4.81. The Hall–Kier alpha value is -2.31. The molecule has 0 bridgehead atoms. The van der Waals surface area contributed by atoms with E-state index in [1.54, 1.807) is 15.4 Å². The molecule has 3 aromatic rings. The van der Waals surface area contributed by atoms with E-state index in [4.69, 9.17) is 0 Å². The highest BCUT2D eigenvalue weighted by Gasteiger charge is 2.10. The maximum Gasteiger partial charge on any atom is 0.272 e. The van der Waals surface area contributed by atoms with Crippen molar-refractivity contribution in [1.82, 2.24) is 34.6 Å². The van der Waals surface area contributed by atoms with E-state index >= 15 is 0 Å². The smallest absolute Gasteiger partial charge is 0.218 e. The van der Waals surface area contributed by atoms with Gasteiger partial charge in [0.1, 0.15) is 0 Å². The second-order valence-electron chi connectivity index (χ2n) is 3.51. The highest BCUT2D eigenvalue weighted by Crippen LogP contribution is 2.11. The molecular formula is C9H9N7. The second kappa shape index (κ2) is 3.09. The van der Waals surface area contributed by atoms with Gasteiger partial charge in [-0.3, -0.25) is 0 Å². The van der Waals surface area contributed by atoms with Crippen LogP contribution in [0, 0.1) is 13.8 Å². The Balaban J connectivity index is 2.30. The molecule has 0 amide bonds. The fourth-order valence-corrected chi connectivity index (χ4v) is 1.66. The number of imidazole rings is 1. The highest BCUT2D eigenvalue weighted by molar-refractivity contribution is 5.35. The summed E-state index contributed by atoms with van der Waals surface area (Å²) in [5, 5.41) is 16.0. The summed E-state index contributed by atoms with van der Waals surface area (Å²) in [7, 11) is 0. The number of rotatable bonds is 1. The van der Waals surface area contributed by atoms with Crippen LogP contribution in [-0.2, 0) is 0 Å². The summed E-state index contributed by atoms with van der Waals surface area (Å²) >= 11 is 0. The Labute approximate surface area is 90.8 Å². The number of aromatic nitrogens is 7. The van der Waals surface area contributed by atoms with Crippen LogP contribution in [0.25, 0.3) is 11.6 Å². The Kier molecular flexibility index (Phi) is 1.73. The number of hydrogen-bond acceptors (Lipinski definition) is 5. The topological polar surface area (TPSA) is 73.8 Å². The zero-order valence-electron chi connectivity index (χ0n) is 8.86. The molecule has 16 heavy (non-hydrogen) atoms. The predicted octanol–water partition coefficient (Wildman–Crippen LogP) is 0.322. The number of aryl methyl sites for hydroxylation is 2. The molecule has 0 aliphatic heterocycles. The average molecular weight is 215 g/mol. The van der Waals surface area contributed by atoms with Crippen molar-refractivity contribution < 1.29 is 0 Å². The van der Waals surface area contributed by atoms with Crippen molar-refractivity contribution in [3.05, 3.63) is 30.0 Å². The van der Waals surface area contributed by atoms with Crippen molar-refractivity contribution in [3.8, 4) is 5.82 Å². The van der Waals surface area contributed by atoms with Crippen LogP contribution in [0.1, 0.15) is 11.4 Å². The molecule has 3 rings (SSSR count). The first-order valence-electron chi connectivity index (χ1n) is 4.81. The van der Waals surface area contributed by atoms with E-state index in [1.165, 1.54) is 6.33 Å². The van der Waals surface area contributed by atoms with Crippen LogP contribution in [0.2, 0.25) is 0 Å². The van der Waals surface area contributed by atoms with E-state index in [0.29, 0.717) is 5.78 Å². The first kappa shape index (κ1) is 8.96. The van der Waals surface area contributed by atoms with Gasteiger partial charge in [-0.2, -0.15) is 9.61 Å². The molecule has 0 aliphatic carbocycles. The third-order valence-corrected chi connectivity index (χ3v) is 2.29. The van der Waals surface area contributed by atoms with Gasteiger partial charge in [-0.05, 0) is 19.9 Å². The van der Waals surface area contributed by atoms with E-state index in [9.17, 15) is 0 Å². The van der Waals surface area contributed by atoms with Gasteiger partial charge in [0.05, 0.1) is 11.9 Å². The molecule has 0 fully saturated rings. The first-order chi connectivity index (χ1) is 7.75. The zero-order valence-corrected chi connectivity index (χ0v) is 8.86. The lowest BCUT2D eigenvalue weighted by Gasteiger charge is -2.01. The molecule has 7 heteroatoms. The Bertz CT molecular complexity index is 651. The van der Waals surface area contributed by atoms with E-state index in [-0.39, 0.29) is 0 Å². The molecule has 0 spiro atoms. The fraction of sp³-hybridized carbons (Fsp3) is 0.222. The third-order valence-electron chi connectivity index (χ3n) is 2.29. The van der Waals surface area contributed by atoms with Crippen molar-refractivity contribution in [1.29, 1.82) is 0 Å². The minimum absolute atomic E-state index is 0.463. The Morgan fingerprint density at radius 3 is 2.88 bits per heavy atom. The molecule has 0 aromatic carbocycles. The zero-order chi connectivity index (χ0) is 11.1. The minimum atomic E-state index is 0.463. The molecule has 0 unspecified atom stereocenters. The van der Waals surface area contributed by atoms with Gasteiger partial charge in [0.25, 0.3) is 5.78 Å². The summed E-state index contributed by atoms with van der Waals surface area (Å²) < 4.78 is 3.39. The monoisotopic (exact) mass is 215 g/mol. The van der Waals surface area contributed by atoms with Crippen molar-refractivity contribution >= 4 is 5.78 Å². The molecule has 0 radical (unpaired) electrons. The van der Waals surface area contributed by atoms with Crippen molar-refractivity contribution in [2.45, 2.75) is 13.8 Å². The maximum absolute atomic E-state index is 4.37. The summed E-state index contributed by atoms with van der Waals surface area (Å²) in [5.41, 5.74) is 1.98. The van der Waals surface area contributed by atoms with E-state index < -0.39 is 0 Å². The van der Waals surface area contributed by atoms with E-state index in [2.05, 4.69) is 25.4 Å². The Morgan fingerprint density at radius 1 is 1.25 bits per heavy atom. The summed E-state index contributed by atoms with van der Waals surface area (Å²) in [6, 6.07) is 1.99. The van der Waals surface area contributed by atoms with E-state index in [1.807, 2.05) is 19.9 Å². The number of hydrogen-bond donors (Lipinski definition) is 0. The molecule has 0 aliphatic rings. The Morgan fingerprint density at radius 2 is 2.12 bits per heavy atom. The standard InChI is InChI=1S/C9H9N7/c1-6-3-7(2)15(14-6)8-4-10-9-13-11-5-12-16(8)9/h3-5H,1-2H3. The minimum Gasteiger partial charge on any atom is -0.218 e. The molecule has 7 nitrogen and oxygen atoms in total. The quantitative estimate of drug-likeness (QED) is 0.584. The van der Waals surface area contributed by atoms with Crippen LogP contribution in [0.5, 0.6) is 0 Å². The van der Waals surface area contributed by atoms with Gasteiger partial charge < -0.3 is 0 Å². The van der Waals surface area contributed by atoms with Gasteiger partial charge >= 0.3 is 0 Å². The summed E-state index contributed by atoms with van der Waals surface area (Å²) in [5.74, 6) is 1.22. The van der Waals surface area contributed by atoms with Crippen LogP contribution in [0.4, 0.5) is 0 Å². The van der Waals surface area contributed by atoms with E-state index in [0.717, 1.165) is 17.2 Å². The van der Waals surface area contributed by atoms with Crippen molar-refractivity contribution in [2.24, 2.45) is 0 Å². The molecule has 80 valence electrons. The second-order valence-corrected chi connectivity index (χ2v) is 3.51. The number of nitrogens with zero attached hydrogens (tertiary/aromatic N) is 7. The van der Waals surface area contributed by atoms with Crippen molar-refractivity contribution in [2.75, 3.05) is 0 Å². The maximum atomic E-state index is 4.37. The summed E-state index contributed by atoms with van der Waals surface area (Å²) in [6.45, 7) is 3.92. The van der Waals surface area contributed by atoms with Crippen LogP contribution in [-0.4, -0.2) is 34.6 Å². The predicted molar refractivity (Wildman–Crippen MR) is 55.2 cm³/mol. The SMILES string of the molecule is Cc1cc(C)n(-c2cnc3nncnn23)n1. The lowest BCUT2D eigenvalue weighted by Crippen LogP contribution is -2.06. The van der Waals surface area contributed by atoms with Gasteiger partial charge in [0, 0.05) is 5.69 Å². The number of fused-ring (bicyclic) bond motifs is 1.